The van der Waals surface area contributed by atoms with Crippen molar-refractivity contribution in [1.82, 2.24) is 4.90 Å². The molecule has 1 fully saturated rings. The quantitative estimate of drug-likeness (QED) is 0.777. The molecule has 0 saturated carbocycles. The Kier molecular flexibility index (Phi) is 4.28. The van der Waals surface area contributed by atoms with Gasteiger partial charge in [0.05, 0.1) is 0 Å². The molecule has 1 unspecified atom stereocenters. The van der Waals surface area contributed by atoms with Gasteiger partial charge in [-0.25, -0.2) is 9.69 Å². The van der Waals surface area contributed by atoms with Crippen molar-refractivity contribution in [2.45, 2.75) is 38.7 Å². The molecule has 6 nitrogen and oxygen atoms in total. The van der Waals surface area contributed by atoms with Gasteiger partial charge >= 0.3 is 12.1 Å². The second-order valence-corrected chi connectivity index (χ2v) is 3.78. The third kappa shape index (κ3) is 3.52. The maximum absolute atomic E-state index is 11.4. The van der Waals surface area contributed by atoms with Crippen molar-refractivity contribution in [3.63, 3.8) is 0 Å². The molecule has 0 aliphatic carbocycles. The van der Waals surface area contributed by atoms with E-state index >= 15 is 0 Å². The minimum absolute atomic E-state index is 0.0532. The Hall–Kier alpha value is -1.59. The zero-order chi connectivity index (χ0) is 12.1. The summed E-state index contributed by atoms with van der Waals surface area (Å²) in [5.41, 5.74) is 0. The number of carbonyl (C=O) groups excluding carboxylic acids is 2. The Morgan fingerprint density at radius 3 is 2.75 bits per heavy atom. The van der Waals surface area contributed by atoms with Gasteiger partial charge in [0, 0.05) is 19.4 Å². The molecule has 0 aromatic carbocycles. The maximum Gasteiger partial charge on any atom is 0.416 e. The van der Waals surface area contributed by atoms with Crippen LogP contribution in [0, 0.1) is 0 Å². The van der Waals surface area contributed by atoms with E-state index in [1.807, 2.05) is 0 Å². The molecule has 16 heavy (non-hydrogen) atoms. The second-order valence-electron chi connectivity index (χ2n) is 3.78. The lowest BCUT2D eigenvalue weighted by Gasteiger charge is -2.17. The van der Waals surface area contributed by atoms with Gasteiger partial charge in [-0.2, -0.15) is 0 Å². The number of aliphatic carboxylic acids is 1. The largest absolute Gasteiger partial charge is 0.481 e. The van der Waals surface area contributed by atoms with E-state index in [0.717, 1.165) is 4.90 Å². The number of likely N-dealkylation sites (tertiary alicyclic amines) is 1. The first-order chi connectivity index (χ1) is 7.50. The number of rotatable bonds is 4. The second kappa shape index (κ2) is 5.48. The molecule has 1 aliphatic heterocycles. The molecule has 1 atom stereocenters. The SMILES string of the molecule is CC(CCC(=O)O)OC(=O)N1CCCC1=O. The molecule has 1 N–H and O–H groups in total. The summed E-state index contributed by atoms with van der Waals surface area (Å²) in [6.45, 7) is 2.00. The fourth-order valence-corrected chi connectivity index (χ4v) is 1.46. The standard InChI is InChI=1S/C10H15NO5/c1-7(4-5-9(13)14)16-10(15)11-6-2-3-8(11)12/h7H,2-6H2,1H3,(H,13,14). The van der Waals surface area contributed by atoms with Crippen molar-refractivity contribution in [2.75, 3.05) is 6.54 Å². The summed E-state index contributed by atoms with van der Waals surface area (Å²) < 4.78 is 4.96. The van der Waals surface area contributed by atoms with Crippen LogP contribution in [0.4, 0.5) is 4.79 Å². The average Bonchev–Trinajstić information content (AvgIpc) is 2.61. The molecule has 0 aromatic heterocycles. The average molecular weight is 229 g/mol. The predicted octanol–water partition coefficient (Wildman–Crippen LogP) is 0.999. The molecule has 1 heterocycles. The normalized spacial score (nSPS) is 17.3. The number of amides is 2. The van der Waals surface area contributed by atoms with Gasteiger partial charge in [0.2, 0.25) is 5.91 Å². The van der Waals surface area contributed by atoms with Gasteiger partial charge in [-0.15, -0.1) is 0 Å². The van der Waals surface area contributed by atoms with Crippen LogP contribution in [0.25, 0.3) is 0 Å². The number of carboxylic acid groups (broad SMARTS) is 1. The topological polar surface area (TPSA) is 83.9 Å². The van der Waals surface area contributed by atoms with Gasteiger partial charge in [0.1, 0.15) is 6.10 Å². The third-order valence-corrected chi connectivity index (χ3v) is 2.36. The van der Waals surface area contributed by atoms with Gasteiger partial charge in [0.25, 0.3) is 0 Å². The van der Waals surface area contributed by atoms with Crippen molar-refractivity contribution in [2.24, 2.45) is 0 Å². The van der Waals surface area contributed by atoms with E-state index in [0.29, 0.717) is 19.4 Å². The van der Waals surface area contributed by atoms with Crippen LogP contribution in [0.1, 0.15) is 32.6 Å². The fraction of sp³-hybridized carbons (Fsp3) is 0.700. The number of ether oxygens (including phenoxy) is 1. The van der Waals surface area contributed by atoms with E-state index in [1.165, 1.54) is 0 Å². The highest BCUT2D eigenvalue weighted by atomic mass is 16.6. The molecular formula is C10H15NO5. The van der Waals surface area contributed by atoms with Crippen LogP contribution in [0.2, 0.25) is 0 Å². The minimum Gasteiger partial charge on any atom is -0.481 e. The first-order valence-corrected chi connectivity index (χ1v) is 5.23. The monoisotopic (exact) mass is 229 g/mol. The van der Waals surface area contributed by atoms with Crippen LogP contribution in [-0.2, 0) is 14.3 Å². The van der Waals surface area contributed by atoms with Crippen LogP contribution < -0.4 is 0 Å². The van der Waals surface area contributed by atoms with Crippen molar-refractivity contribution >= 4 is 18.0 Å². The van der Waals surface area contributed by atoms with Crippen molar-refractivity contribution in [3.05, 3.63) is 0 Å². The van der Waals surface area contributed by atoms with E-state index in [1.54, 1.807) is 6.92 Å². The number of hydrogen-bond donors (Lipinski definition) is 1. The van der Waals surface area contributed by atoms with Crippen LogP contribution in [-0.4, -0.2) is 40.6 Å². The summed E-state index contributed by atoms with van der Waals surface area (Å²) in [4.78, 5) is 34.0. The van der Waals surface area contributed by atoms with Crippen LogP contribution in [0.5, 0.6) is 0 Å². The predicted molar refractivity (Wildman–Crippen MR) is 53.8 cm³/mol. The van der Waals surface area contributed by atoms with Gasteiger partial charge < -0.3 is 9.84 Å². The lowest BCUT2D eigenvalue weighted by molar-refractivity contribution is -0.137. The van der Waals surface area contributed by atoms with E-state index in [4.69, 9.17) is 9.84 Å². The maximum atomic E-state index is 11.4. The lowest BCUT2D eigenvalue weighted by Crippen LogP contribution is -2.34. The summed E-state index contributed by atoms with van der Waals surface area (Å²) in [6, 6.07) is 0. The Balaban J connectivity index is 2.33. The Bertz CT molecular complexity index is 302. The van der Waals surface area contributed by atoms with Gasteiger partial charge in [-0.3, -0.25) is 9.59 Å². The number of hydrogen-bond acceptors (Lipinski definition) is 4. The Labute approximate surface area is 93.2 Å². The summed E-state index contributed by atoms with van der Waals surface area (Å²) in [7, 11) is 0. The van der Waals surface area contributed by atoms with Crippen LogP contribution in [0.3, 0.4) is 0 Å². The van der Waals surface area contributed by atoms with E-state index in [2.05, 4.69) is 0 Å². The molecule has 0 aromatic rings. The molecule has 2 amide bonds. The molecule has 6 heteroatoms. The van der Waals surface area contributed by atoms with Crippen molar-refractivity contribution in [1.29, 1.82) is 0 Å². The molecule has 1 aliphatic rings. The Morgan fingerprint density at radius 2 is 2.25 bits per heavy atom. The molecule has 0 radical (unpaired) electrons. The van der Waals surface area contributed by atoms with Gasteiger partial charge in [-0.05, 0) is 19.8 Å². The number of carbonyl (C=O) groups is 3. The van der Waals surface area contributed by atoms with Gasteiger partial charge in [-0.1, -0.05) is 0 Å². The number of nitrogens with zero attached hydrogens (tertiary/aromatic N) is 1. The Morgan fingerprint density at radius 1 is 1.56 bits per heavy atom. The summed E-state index contributed by atoms with van der Waals surface area (Å²) in [5, 5.41) is 8.45. The molecule has 1 saturated heterocycles. The highest BCUT2D eigenvalue weighted by Gasteiger charge is 2.28. The summed E-state index contributed by atoms with van der Waals surface area (Å²) >= 11 is 0. The van der Waals surface area contributed by atoms with Crippen LogP contribution in [0.15, 0.2) is 0 Å². The smallest absolute Gasteiger partial charge is 0.416 e. The van der Waals surface area contributed by atoms with Crippen molar-refractivity contribution in [3.8, 4) is 0 Å². The first-order valence-electron chi connectivity index (χ1n) is 5.23. The summed E-state index contributed by atoms with van der Waals surface area (Å²) in [6.07, 6.45) is 0.0824. The highest BCUT2D eigenvalue weighted by molar-refractivity contribution is 5.93. The van der Waals surface area contributed by atoms with Crippen molar-refractivity contribution < 1.29 is 24.2 Å². The van der Waals surface area contributed by atoms with E-state index < -0.39 is 18.2 Å². The highest BCUT2D eigenvalue weighted by Crippen LogP contribution is 2.13. The number of imide groups is 1. The zero-order valence-corrected chi connectivity index (χ0v) is 9.14. The zero-order valence-electron chi connectivity index (χ0n) is 9.14. The minimum atomic E-state index is -0.930. The lowest BCUT2D eigenvalue weighted by atomic mass is 10.2. The number of carboxylic acids is 1. The molecule has 0 bridgehead atoms. The van der Waals surface area contributed by atoms with E-state index in [9.17, 15) is 14.4 Å². The molecule has 0 spiro atoms. The van der Waals surface area contributed by atoms with Crippen LogP contribution >= 0.6 is 0 Å². The molecule has 90 valence electrons. The van der Waals surface area contributed by atoms with Gasteiger partial charge in [0.15, 0.2) is 0 Å². The molecular weight excluding hydrogens is 214 g/mol. The third-order valence-electron chi connectivity index (χ3n) is 2.36. The summed E-state index contributed by atoms with van der Waals surface area (Å²) in [5.74, 6) is -1.16. The first kappa shape index (κ1) is 12.5. The molecule has 1 rings (SSSR count). The fourth-order valence-electron chi connectivity index (χ4n) is 1.46. The van der Waals surface area contributed by atoms with E-state index in [-0.39, 0.29) is 18.7 Å².